The molecule has 1 heterocycles. The number of aryl methyl sites for hydroxylation is 1. The Morgan fingerprint density at radius 2 is 2.22 bits per heavy atom. The minimum absolute atomic E-state index is 0.314. The van der Waals surface area contributed by atoms with Crippen LogP contribution in [-0.4, -0.2) is 23.2 Å². The number of methoxy groups -OCH3 is 1. The lowest BCUT2D eigenvalue weighted by Crippen LogP contribution is -2.13. The van der Waals surface area contributed by atoms with E-state index in [4.69, 9.17) is 10.5 Å². The summed E-state index contributed by atoms with van der Waals surface area (Å²) in [6.07, 6.45) is 0. The van der Waals surface area contributed by atoms with Crippen molar-refractivity contribution in [3.63, 3.8) is 0 Å². The number of amides is 1. The molecule has 0 aliphatic rings. The molecule has 0 unspecified atom stereocenters. The number of aromatic amines is 1. The number of nitrogens with zero attached hydrogens (tertiary/aromatic N) is 1. The number of H-pyrrole nitrogens is 1. The Hall–Kier alpha value is -2.50. The molecule has 0 aliphatic heterocycles. The molecule has 0 aliphatic carbocycles. The van der Waals surface area contributed by atoms with Crippen LogP contribution >= 0.6 is 0 Å². The van der Waals surface area contributed by atoms with Crippen LogP contribution in [0.5, 0.6) is 5.75 Å². The number of rotatable bonds is 3. The zero-order chi connectivity index (χ0) is 13.1. The Kier molecular flexibility index (Phi) is 3.18. The van der Waals surface area contributed by atoms with Gasteiger partial charge in [0.1, 0.15) is 5.75 Å². The van der Waals surface area contributed by atoms with Crippen molar-refractivity contribution in [2.24, 2.45) is 0 Å². The predicted molar refractivity (Wildman–Crippen MR) is 68.7 cm³/mol. The average Bonchev–Trinajstić information content (AvgIpc) is 2.74. The predicted octanol–water partition coefficient (Wildman–Crippen LogP) is 1.56. The fourth-order valence-corrected chi connectivity index (χ4v) is 1.57. The molecule has 1 aromatic carbocycles. The van der Waals surface area contributed by atoms with Gasteiger partial charge >= 0.3 is 0 Å². The van der Waals surface area contributed by atoms with E-state index in [2.05, 4.69) is 15.5 Å². The molecule has 6 heteroatoms. The Morgan fingerprint density at radius 3 is 2.83 bits per heavy atom. The number of nitrogens with two attached hydrogens (primary N) is 1. The third-order valence-electron chi connectivity index (χ3n) is 2.42. The van der Waals surface area contributed by atoms with Gasteiger partial charge in [-0.3, -0.25) is 9.89 Å². The lowest BCUT2D eigenvalue weighted by Gasteiger charge is -2.08. The molecular formula is C12H14N4O2. The number of nitrogen functional groups attached to an aromatic ring is 1. The number of carbonyl (C=O) groups is 1. The van der Waals surface area contributed by atoms with Gasteiger partial charge in [0.05, 0.1) is 12.7 Å². The number of ether oxygens (including phenoxy) is 1. The van der Waals surface area contributed by atoms with E-state index < -0.39 is 0 Å². The summed E-state index contributed by atoms with van der Waals surface area (Å²) < 4.78 is 5.12. The molecule has 0 radical (unpaired) electrons. The largest absolute Gasteiger partial charge is 0.496 e. The van der Waals surface area contributed by atoms with E-state index >= 15 is 0 Å². The number of hydrogen-bond acceptors (Lipinski definition) is 4. The summed E-state index contributed by atoms with van der Waals surface area (Å²) in [5.41, 5.74) is 7.40. The molecule has 6 nitrogen and oxygen atoms in total. The number of aromatic nitrogens is 2. The van der Waals surface area contributed by atoms with Crippen LogP contribution in [-0.2, 0) is 0 Å². The molecule has 1 aromatic heterocycles. The highest BCUT2D eigenvalue weighted by atomic mass is 16.5. The van der Waals surface area contributed by atoms with Crippen molar-refractivity contribution in [1.82, 2.24) is 10.2 Å². The summed E-state index contributed by atoms with van der Waals surface area (Å²) in [5, 5.41) is 9.34. The van der Waals surface area contributed by atoms with Crippen LogP contribution < -0.4 is 15.8 Å². The lowest BCUT2D eigenvalue weighted by atomic mass is 10.1. The zero-order valence-corrected chi connectivity index (χ0v) is 10.2. The lowest BCUT2D eigenvalue weighted by molar-refractivity contribution is 0.102. The maximum atomic E-state index is 12.1. The summed E-state index contributed by atoms with van der Waals surface area (Å²) in [6.45, 7) is 1.85. The van der Waals surface area contributed by atoms with Crippen LogP contribution in [0.2, 0.25) is 0 Å². The van der Waals surface area contributed by atoms with E-state index in [0.29, 0.717) is 22.8 Å². The molecule has 18 heavy (non-hydrogen) atoms. The summed E-state index contributed by atoms with van der Waals surface area (Å²) in [6, 6.07) is 6.62. The first kappa shape index (κ1) is 12.0. The Bertz CT molecular complexity index is 577. The summed E-state index contributed by atoms with van der Waals surface area (Å²) in [4.78, 5) is 12.1. The van der Waals surface area contributed by atoms with Gasteiger partial charge in [-0.2, -0.15) is 5.10 Å². The molecule has 0 saturated carbocycles. The molecular weight excluding hydrogens is 232 g/mol. The maximum Gasteiger partial charge on any atom is 0.260 e. The van der Waals surface area contributed by atoms with Crippen molar-refractivity contribution in [3.05, 3.63) is 35.5 Å². The van der Waals surface area contributed by atoms with Crippen LogP contribution in [0.15, 0.2) is 24.3 Å². The van der Waals surface area contributed by atoms with Crippen molar-refractivity contribution < 1.29 is 9.53 Å². The molecule has 0 fully saturated rings. The standard InChI is InChI=1S/C12H14N4O2/c1-7-5-11(16-15-7)14-12(17)9-6-8(13)3-4-10(9)18-2/h3-6H,13H2,1-2H3,(H2,14,15,16,17). The molecule has 4 N–H and O–H groups in total. The van der Waals surface area contributed by atoms with E-state index in [-0.39, 0.29) is 5.91 Å². The topological polar surface area (TPSA) is 93.0 Å². The molecule has 0 bridgehead atoms. The Labute approximate surface area is 104 Å². The molecule has 0 atom stereocenters. The normalized spacial score (nSPS) is 10.1. The van der Waals surface area contributed by atoms with E-state index in [9.17, 15) is 4.79 Å². The van der Waals surface area contributed by atoms with Crippen LogP contribution in [0.3, 0.4) is 0 Å². The Balaban J connectivity index is 2.25. The quantitative estimate of drug-likeness (QED) is 0.716. The highest BCUT2D eigenvalue weighted by Gasteiger charge is 2.13. The monoisotopic (exact) mass is 246 g/mol. The zero-order valence-electron chi connectivity index (χ0n) is 10.2. The van der Waals surface area contributed by atoms with Crippen molar-refractivity contribution in [1.29, 1.82) is 0 Å². The number of nitrogens with one attached hydrogen (secondary N) is 2. The van der Waals surface area contributed by atoms with Crippen molar-refractivity contribution >= 4 is 17.4 Å². The molecule has 2 aromatic rings. The molecule has 2 rings (SSSR count). The smallest absolute Gasteiger partial charge is 0.260 e. The minimum atomic E-state index is -0.314. The van der Waals surface area contributed by atoms with Gasteiger partial charge in [-0.25, -0.2) is 0 Å². The van der Waals surface area contributed by atoms with Gasteiger partial charge in [0.25, 0.3) is 5.91 Å². The van der Waals surface area contributed by atoms with Gasteiger partial charge in [-0.1, -0.05) is 0 Å². The fourth-order valence-electron chi connectivity index (χ4n) is 1.57. The van der Waals surface area contributed by atoms with Gasteiger partial charge in [0, 0.05) is 17.4 Å². The second-order valence-corrected chi connectivity index (χ2v) is 3.85. The summed E-state index contributed by atoms with van der Waals surface area (Å²) >= 11 is 0. The average molecular weight is 246 g/mol. The maximum absolute atomic E-state index is 12.1. The first-order valence-electron chi connectivity index (χ1n) is 5.37. The van der Waals surface area contributed by atoms with Gasteiger partial charge < -0.3 is 15.8 Å². The first-order valence-corrected chi connectivity index (χ1v) is 5.37. The van der Waals surface area contributed by atoms with Crippen LogP contribution in [0.4, 0.5) is 11.5 Å². The van der Waals surface area contributed by atoms with Gasteiger partial charge in [0.15, 0.2) is 5.82 Å². The molecule has 1 amide bonds. The van der Waals surface area contributed by atoms with E-state index in [0.717, 1.165) is 5.69 Å². The molecule has 0 saturated heterocycles. The Morgan fingerprint density at radius 1 is 1.44 bits per heavy atom. The second kappa shape index (κ2) is 4.79. The first-order chi connectivity index (χ1) is 8.60. The van der Waals surface area contributed by atoms with E-state index in [1.54, 1.807) is 24.3 Å². The minimum Gasteiger partial charge on any atom is -0.496 e. The highest BCUT2D eigenvalue weighted by Crippen LogP contribution is 2.22. The third kappa shape index (κ3) is 2.42. The summed E-state index contributed by atoms with van der Waals surface area (Å²) in [7, 11) is 1.50. The van der Waals surface area contributed by atoms with Gasteiger partial charge in [-0.15, -0.1) is 0 Å². The van der Waals surface area contributed by atoms with Gasteiger partial charge in [0.2, 0.25) is 0 Å². The molecule has 0 spiro atoms. The highest BCUT2D eigenvalue weighted by molar-refractivity contribution is 6.06. The van der Waals surface area contributed by atoms with Crippen LogP contribution in [0.1, 0.15) is 16.1 Å². The third-order valence-corrected chi connectivity index (χ3v) is 2.42. The number of hydrogen-bond donors (Lipinski definition) is 3. The van der Waals surface area contributed by atoms with Crippen molar-refractivity contribution in [2.45, 2.75) is 6.92 Å². The molecule has 94 valence electrons. The van der Waals surface area contributed by atoms with Gasteiger partial charge in [-0.05, 0) is 25.1 Å². The van der Waals surface area contributed by atoms with E-state index in [1.165, 1.54) is 7.11 Å². The van der Waals surface area contributed by atoms with Crippen LogP contribution in [0, 0.1) is 6.92 Å². The number of carbonyl (C=O) groups excluding carboxylic acids is 1. The number of anilines is 2. The van der Waals surface area contributed by atoms with E-state index in [1.807, 2.05) is 6.92 Å². The van der Waals surface area contributed by atoms with Crippen molar-refractivity contribution in [2.75, 3.05) is 18.2 Å². The second-order valence-electron chi connectivity index (χ2n) is 3.85. The number of benzene rings is 1. The fraction of sp³-hybridized carbons (Fsp3) is 0.167. The van der Waals surface area contributed by atoms with Crippen LogP contribution in [0.25, 0.3) is 0 Å². The van der Waals surface area contributed by atoms with Crippen molar-refractivity contribution in [3.8, 4) is 5.75 Å². The summed E-state index contributed by atoms with van der Waals surface area (Å²) in [5.74, 6) is 0.613. The SMILES string of the molecule is COc1ccc(N)cc1C(=O)Nc1cc(C)[nH]n1.